The van der Waals surface area contributed by atoms with Gasteiger partial charge >= 0.3 is 0 Å². The highest BCUT2D eigenvalue weighted by atomic mass is 16.5. The molecule has 3 nitrogen and oxygen atoms in total. The number of ketones is 2. The number of Topliss-reactive ketones (excluding diaryl/α,β-unsaturated/α-hetero) is 2. The van der Waals surface area contributed by atoms with Gasteiger partial charge in [0.25, 0.3) is 0 Å². The molecule has 0 atom stereocenters. The van der Waals surface area contributed by atoms with Crippen molar-refractivity contribution in [2.75, 3.05) is 6.61 Å². The normalized spacial score (nSPS) is 14.2. The predicted octanol–water partition coefficient (Wildman–Crippen LogP) is 4.40. The third-order valence-electron chi connectivity index (χ3n) is 4.50. The van der Waals surface area contributed by atoms with Gasteiger partial charge in [-0.15, -0.1) is 0 Å². The van der Waals surface area contributed by atoms with E-state index in [0.29, 0.717) is 29.0 Å². The molecule has 0 amide bonds. The lowest BCUT2D eigenvalue weighted by Gasteiger charge is -2.17. The zero-order valence-electron chi connectivity index (χ0n) is 13.3. The Kier molecular flexibility index (Phi) is 3.42. The third-order valence-corrected chi connectivity index (χ3v) is 4.50. The van der Waals surface area contributed by atoms with E-state index in [4.69, 9.17) is 4.74 Å². The minimum atomic E-state index is -0.824. The maximum atomic E-state index is 12.9. The van der Waals surface area contributed by atoms with Gasteiger partial charge in [0.1, 0.15) is 11.7 Å². The minimum absolute atomic E-state index is 0.145. The second-order valence-corrected chi connectivity index (χ2v) is 5.84. The van der Waals surface area contributed by atoms with Crippen LogP contribution in [0, 0.1) is 0 Å². The number of hydrogen-bond acceptors (Lipinski definition) is 3. The fraction of sp³-hybridized carbons (Fsp3) is 0.143. The summed E-state index contributed by atoms with van der Waals surface area (Å²) in [5.41, 5.74) is 1.69. The second kappa shape index (κ2) is 5.60. The molecule has 1 aliphatic carbocycles. The van der Waals surface area contributed by atoms with Gasteiger partial charge in [0, 0.05) is 16.7 Å². The summed E-state index contributed by atoms with van der Waals surface area (Å²) in [4.78, 5) is 25.9. The lowest BCUT2D eigenvalue weighted by molar-refractivity contribution is 0.0888. The average Bonchev–Trinajstić information content (AvgIpc) is 2.87. The fourth-order valence-corrected chi connectivity index (χ4v) is 3.46. The van der Waals surface area contributed by atoms with Crippen LogP contribution in [-0.2, 0) is 0 Å². The molecular formula is C21H16O3. The highest BCUT2D eigenvalue weighted by Gasteiger charge is 2.41. The first-order valence-electron chi connectivity index (χ1n) is 8.04. The molecule has 24 heavy (non-hydrogen) atoms. The first kappa shape index (κ1) is 14.6. The summed E-state index contributed by atoms with van der Waals surface area (Å²) < 4.78 is 5.75. The van der Waals surface area contributed by atoms with E-state index < -0.39 is 5.92 Å². The van der Waals surface area contributed by atoms with E-state index in [1.807, 2.05) is 43.3 Å². The van der Waals surface area contributed by atoms with E-state index in [1.54, 1.807) is 24.3 Å². The molecule has 3 heteroatoms. The quantitative estimate of drug-likeness (QED) is 0.673. The maximum Gasteiger partial charge on any atom is 0.179 e. The van der Waals surface area contributed by atoms with E-state index in [-0.39, 0.29) is 11.6 Å². The molecule has 0 bridgehead atoms. The van der Waals surface area contributed by atoms with Crippen LogP contribution < -0.4 is 4.74 Å². The van der Waals surface area contributed by atoms with Gasteiger partial charge in [0.15, 0.2) is 11.6 Å². The van der Waals surface area contributed by atoms with Crippen LogP contribution in [0.5, 0.6) is 5.75 Å². The molecule has 0 spiro atoms. The Morgan fingerprint density at radius 2 is 1.46 bits per heavy atom. The average molecular weight is 316 g/mol. The van der Waals surface area contributed by atoms with E-state index in [2.05, 4.69) is 0 Å². The summed E-state index contributed by atoms with van der Waals surface area (Å²) in [6.45, 7) is 2.37. The van der Waals surface area contributed by atoms with Crippen LogP contribution >= 0.6 is 0 Å². The van der Waals surface area contributed by atoms with Gasteiger partial charge in [-0.25, -0.2) is 0 Å². The van der Waals surface area contributed by atoms with Gasteiger partial charge in [-0.1, -0.05) is 54.6 Å². The van der Waals surface area contributed by atoms with E-state index in [1.165, 1.54) is 0 Å². The van der Waals surface area contributed by atoms with Gasteiger partial charge in [-0.3, -0.25) is 9.59 Å². The fourth-order valence-electron chi connectivity index (χ4n) is 3.46. The van der Waals surface area contributed by atoms with Gasteiger partial charge in [-0.2, -0.15) is 0 Å². The van der Waals surface area contributed by atoms with Crippen molar-refractivity contribution in [3.05, 3.63) is 77.4 Å². The number of hydrogen-bond donors (Lipinski definition) is 0. The van der Waals surface area contributed by atoms with Crippen molar-refractivity contribution in [3.63, 3.8) is 0 Å². The molecule has 3 aromatic rings. The second-order valence-electron chi connectivity index (χ2n) is 5.84. The van der Waals surface area contributed by atoms with Gasteiger partial charge in [-0.05, 0) is 23.8 Å². The van der Waals surface area contributed by atoms with Crippen LogP contribution in [0.3, 0.4) is 0 Å². The summed E-state index contributed by atoms with van der Waals surface area (Å²) in [6, 6.07) is 18.6. The molecule has 1 aliphatic rings. The van der Waals surface area contributed by atoms with Crippen molar-refractivity contribution in [2.24, 2.45) is 0 Å². The van der Waals surface area contributed by atoms with Crippen LogP contribution in [0.25, 0.3) is 10.8 Å². The Bertz CT molecular complexity index is 937. The summed E-state index contributed by atoms with van der Waals surface area (Å²) in [5, 5.41) is 1.88. The van der Waals surface area contributed by atoms with Crippen LogP contribution in [0.1, 0.15) is 39.1 Å². The highest BCUT2D eigenvalue weighted by Crippen LogP contribution is 2.41. The van der Waals surface area contributed by atoms with Gasteiger partial charge in [0.05, 0.1) is 6.61 Å². The Hall–Kier alpha value is -2.94. The minimum Gasteiger partial charge on any atom is -0.494 e. The smallest absolute Gasteiger partial charge is 0.179 e. The molecule has 0 aromatic heterocycles. The van der Waals surface area contributed by atoms with Crippen molar-refractivity contribution in [3.8, 4) is 5.75 Å². The SMILES string of the molecule is CCOc1ccc2ccccc2c1C1C(=O)c2ccccc2C1=O. The van der Waals surface area contributed by atoms with E-state index in [9.17, 15) is 9.59 Å². The first-order valence-corrected chi connectivity index (χ1v) is 8.04. The molecule has 0 N–H and O–H groups in total. The lowest BCUT2D eigenvalue weighted by atomic mass is 9.89. The van der Waals surface area contributed by atoms with Gasteiger partial charge in [0.2, 0.25) is 0 Å². The topological polar surface area (TPSA) is 43.4 Å². The molecular weight excluding hydrogens is 300 g/mol. The standard InChI is InChI=1S/C21H16O3/c1-2-24-17-12-11-13-7-3-4-8-14(13)18(17)19-20(22)15-9-5-6-10-16(15)21(19)23/h3-12,19H,2H2,1H3. The molecule has 0 fully saturated rings. The van der Waals surface area contributed by atoms with Crippen LogP contribution in [0.4, 0.5) is 0 Å². The number of carbonyl (C=O) groups excluding carboxylic acids is 2. The summed E-state index contributed by atoms with van der Waals surface area (Å²) in [7, 11) is 0. The van der Waals surface area contributed by atoms with Crippen molar-refractivity contribution in [2.45, 2.75) is 12.8 Å². The monoisotopic (exact) mass is 316 g/mol. The molecule has 4 rings (SSSR count). The number of fused-ring (bicyclic) bond motifs is 2. The van der Waals surface area contributed by atoms with Crippen molar-refractivity contribution in [1.82, 2.24) is 0 Å². The van der Waals surface area contributed by atoms with Gasteiger partial charge < -0.3 is 4.74 Å². The summed E-state index contributed by atoms with van der Waals surface area (Å²) in [6.07, 6.45) is 0. The Balaban J connectivity index is 1.98. The number of benzene rings is 3. The highest BCUT2D eigenvalue weighted by molar-refractivity contribution is 6.30. The largest absolute Gasteiger partial charge is 0.494 e. The summed E-state index contributed by atoms with van der Waals surface area (Å²) in [5.74, 6) is -0.508. The third kappa shape index (κ3) is 2.05. The maximum absolute atomic E-state index is 12.9. The van der Waals surface area contributed by atoms with Crippen molar-refractivity contribution in [1.29, 1.82) is 0 Å². The van der Waals surface area contributed by atoms with Crippen LogP contribution in [0.15, 0.2) is 60.7 Å². The van der Waals surface area contributed by atoms with Crippen molar-refractivity contribution < 1.29 is 14.3 Å². The lowest BCUT2D eigenvalue weighted by Crippen LogP contribution is -2.15. The Morgan fingerprint density at radius 1 is 0.833 bits per heavy atom. The Morgan fingerprint density at radius 3 is 2.12 bits per heavy atom. The molecule has 3 aromatic carbocycles. The zero-order valence-corrected chi connectivity index (χ0v) is 13.3. The number of ether oxygens (including phenoxy) is 1. The van der Waals surface area contributed by atoms with E-state index in [0.717, 1.165) is 10.8 Å². The molecule has 0 radical (unpaired) electrons. The number of carbonyl (C=O) groups is 2. The van der Waals surface area contributed by atoms with E-state index >= 15 is 0 Å². The zero-order chi connectivity index (χ0) is 16.7. The van der Waals surface area contributed by atoms with Crippen LogP contribution in [0.2, 0.25) is 0 Å². The molecule has 0 aliphatic heterocycles. The molecule has 118 valence electrons. The molecule has 0 unspecified atom stereocenters. The van der Waals surface area contributed by atoms with Crippen molar-refractivity contribution >= 4 is 22.3 Å². The first-order chi connectivity index (χ1) is 11.7. The number of rotatable bonds is 3. The molecule has 0 saturated heterocycles. The molecule has 0 heterocycles. The van der Waals surface area contributed by atoms with Crippen LogP contribution in [-0.4, -0.2) is 18.2 Å². The summed E-state index contributed by atoms with van der Waals surface area (Å²) >= 11 is 0. The molecule has 0 saturated carbocycles. The predicted molar refractivity (Wildman–Crippen MR) is 93.0 cm³/mol. The Labute approximate surface area is 139 Å².